The van der Waals surface area contributed by atoms with Crippen molar-refractivity contribution in [1.82, 2.24) is 78.0 Å². The summed E-state index contributed by atoms with van der Waals surface area (Å²) in [4.78, 5) is 4.37. The molecule has 0 spiro atoms. The number of nitrogens with zero attached hydrogens (tertiary/aromatic N) is 16. The predicted octanol–water partition coefficient (Wildman–Crippen LogP) is 16.1. The minimum absolute atomic E-state index is 0.0496. The van der Waals surface area contributed by atoms with Gasteiger partial charge in [0, 0.05) is 103 Å². The average Bonchev–Trinajstić information content (AvgIpc) is 3.34. The summed E-state index contributed by atoms with van der Waals surface area (Å²) in [6, 6.07) is 3.61. The highest BCUT2D eigenvalue weighted by Crippen LogP contribution is 2.34. The molecule has 508 valence electrons. The minimum atomic E-state index is -4.35. The van der Waals surface area contributed by atoms with Crippen molar-refractivity contribution in [3.8, 4) is 0 Å². The van der Waals surface area contributed by atoms with Crippen LogP contribution in [0.3, 0.4) is 0 Å². The second-order valence-corrected chi connectivity index (χ2v) is 25.8. The number of aliphatic hydroxyl groups is 1. The topological polar surface area (TPSA) is 172 Å². The van der Waals surface area contributed by atoms with Gasteiger partial charge in [-0.15, -0.1) is 0 Å². The molecule has 0 fully saturated rings. The maximum Gasteiger partial charge on any atom is 0.435 e. The molecule has 0 aliphatic heterocycles. The largest absolute Gasteiger partial charge is 0.435 e. The fraction of sp³-hybridized carbons (Fsp3) is 0.636. The van der Waals surface area contributed by atoms with Crippen molar-refractivity contribution in [1.29, 1.82) is 0 Å². The molecule has 0 aliphatic rings. The van der Waals surface area contributed by atoms with Gasteiger partial charge in [0.05, 0.1) is 61.5 Å². The first-order valence-corrected chi connectivity index (χ1v) is 30.9. The van der Waals surface area contributed by atoms with Crippen LogP contribution in [0.4, 0.5) is 26.3 Å². The zero-order valence-electron chi connectivity index (χ0n) is 59.1. The summed E-state index contributed by atoms with van der Waals surface area (Å²) < 4.78 is 92.4. The maximum atomic E-state index is 12.3. The van der Waals surface area contributed by atoms with Crippen molar-refractivity contribution in [2.45, 2.75) is 230 Å². The van der Waals surface area contributed by atoms with E-state index in [1.54, 1.807) is 39.5 Å². The maximum absolute atomic E-state index is 12.3. The van der Waals surface area contributed by atoms with E-state index in [9.17, 15) is 31.4 Å². The van der Waals surface area contributed by atoms with E-state index in [-0.39, 0.29) is 17.4 Å². The van der Waals surface area contributed by atoms with Crippen LogP contribution in [0.1, 0.15) is 254 Å². The van der Waals surface area contributed by atoms with E-state index >= 15 is 0 Å². The number of aromatic nitrogens is 16. The van der Waals surface area contributed by atoms with Gasteiger partial charge in [0.2, 0.25) is 0 Å². The van der Waals surface area contributed by atoms with E-state index in [0.29, 0.717) is 53.8 Å². The SMILES string of the molecule is CC(C)c1cc(C(F)(F)F)nn1C.CC(C)c1ccn(C)n1.CC(C)c1cn(C)nc1C(F)(F)F.CC(C)c1cnn(C(C)C)c1.CC(C)c1cnn(C)c1.CC(C)c1cnn(CC(C)(C)O)c1.COCCn1cc(C(C)C)cn1.Cc1nc(C(C)C)cn1C. The van der Waals surface area contributed by atoms with Crippen molar-refractivity contribution >= 4 is 0 Å². The van der Waals surface area contributed by atoms with Crippen molar-refractivity contribution in [3.63, 3.8) is 0 Å². The lowest BCUT2D eigenvalue weighted by Crippen LogP contribution is -2.26. The number of aryl methyl sites for hydroxylation is 6. The van der Waals surface area contributed by atoms with E-state index < -0.39 is 29.3 Å². The van der Waals surface area contributed by atoms with Crippen molar-refractivity contribution < 1.29 is 36.2 Å². The third kappa shape index (κ3) is 30.3. The molecule has 0 unspecified atom stereocenters. The average molecular weight is 1270 g/mol. The summed E-state index contributed by atoms with van der Waals surface area (Å²) in [5, 5.41) is 37.3. The van der Waals surface area contributed by atoms with Crippen LogP contribution in [0.5, 0.6) is 0 Å². The molecule has 90 heavy (non-hydrogen) atoms. The third-order valence-electron chi connectivity index (χ3n) is 13.5. The first kappa shape index (κ1) is 81.2. The van der Waals surface area contributed by atoms with Crippen molar-refractivity contribution in [2.24, 2.45) is 35.2 Å². The quantitative estimate of drug-likeness (QED) is 0.103. The minimum Gasteiger partial charge on any atom is -0.389 e. The predicted molar refractivity (Wildman–Crippen MR) is 349 cm³/mol. The number of halogens is 6. The number of rotatable bonds is 14. The van der Waals surface area contributed by atoms with Crippen molar-refractivity contribution in [3.05, 3.63) is 142 Å². The zero-order valence-corrected chi connectivity index (χ0v) is 59.1. The Morgan fingerprint density at radius 3 is 1.29 bits per heavy atom. The fourth-order valence-corrected chi connectivity index (χ4v) is 7.73. The van der Waals surface area contributed by atoms with Gasteiger partial charge in [-0.3, -0.25) is 32.8 Å². The Morgan fingerprint density at radius 2 is 1.00 bits per heavy atom. The normalized spacial score (nSPS) is 11.6. The van der Waals surface area contributed by atoms with E-state index in [2.05, 4.69) is 161 Å². The fourth-order valence-electron chi connectivity index (χ4n) is 7.73. The molecule has 0 aliphatic carbocycles. The Morgan fingerprint density at radius 1 is 0.511 bits per heavy atom. The molecule has 0 aromatic carbocycles. The Kier molecular flexibility index (Phi) is 33.8. The monoisotopic (exact) mass is 1270 g/mol. The molecule has 0 saturated carbocycles. The Bertz CT molecular complexity index is 3110. The molecule has 0 amide bonds. The van der Waals surface area contributed by atoms with Crippen LogP contribution in [-0.2, 0) is 65.4 Å². The summed E-state index contributed by atoms with van der Waals surface area (Å²) in [5.74, 6) is 4.30. The molecule has 8 aromatic heterocycles. The number of hydrogen-bond acceptors (Lipinski definition) is 10. The second kappa shape index (κ2) is 37.5. The summed E-state index contributed by atoms with van der Waals surface area (Å²) in [5.41, 5.74) is 6.01. The van der Waals surface area contributed by atoms with Crippen molar-refractivity contribution in [2.75, 3.05) is 13.7 Å². The summed E-state index contributed by atoms with van der Waals surface area (Å²) in [6.45, 7) is 44.9. The molecule has 0 radical (unpaired) electrons. The Labute approximate surface area is 533 Å². The molecule has 24 heteroatoms. The van der Waals surface area contributed by atoms with E-state index in [1.165, 1.54) is 57.6 Å². The van der Waals surface area contributed by atoms with Gasteiger partial charge in [0.15, 0.2) is 11.4 Å². The van der Waals surface area contributed by atoms with E-state index in [1.807, 2.05) is 110 Å². The molecule has 8 rings (SSSR count). The molecule has 0 saturated heterocycles. The van der Waals surface area contributed by atoms with Crippen LogP contribution in [-0.4, -0.2) is 102 Å². The highest BCUT2D eigenvalue weighted by Gasteiger charge is 2.37. The zero-order chi connectivity index (χ0) is 69.3. The van der Waals surface area contributed by atoms with Gasteiger partial charge in [-0.2, -0.15) is 62.0 Å². The number of ether oxygens (including phenoxy) is 1. The molecule has 0 bridgehead atoms. The lowest BCUT2D eigenvalue weighted by molar-refractivity contribution is -0.142. The standard InChI is InChI=1S/C10H18N2O.C9H16N2O.C9H16N2.2C8H11F3N2.C8H14N2.2C7H12N2/c1-8(2)9-5-11-12(6-9)7-10(3,4)13;1-8(2)9-6-10-11(7-9)4-5-12-3;1-7(2)9-5-10-11(6-9)8(3)4;1-5(2)6-4-13(3)12-7(6)8(9,10)11;1-5(2)6-4-7(8(9,10)11)12-13(6)3;1-6(2)8-5-10(4)7(3)9-8;1-6(2)7-4-8-9(3)5-7;1-6(2)7-4-5-9(3)8-7/h5-6,8,13H,7H2,1-4H3;6-8H,4-5H2,1-3H3;5-8H,1-4H3;2*4-5H,1-3H3;5-6H,1-4H3;2*4-6H,1-3H3. The lowest BCUT2D eigenvalue weighted by Gasteiger charge is -2.16. The summed E-state index contributed by atoms with van der Waals surface area (Å²) >= 11 is 0. The molecule has 8 aromatic rings. The summed E-state index contributed by atoms with van der Waals surface area (Å²) in [6.07, 6.45) is 12.6. The highest BCUT2D eigenvalue weighted by molar-refractivity contribution is 5.23. The van der Waals surface area contributed by atoms with E-state index in [0.717, 1.165) is 30.7 Å². The third-order valence-corrected chi connectivity index (χ3v) is 13.5. The van der Waals surface area contributed by atoms with Gasteiger partial charge in [0.25, 0.3) is 0 Å². The molecule has 8 heterocycles. The van der Waals surface area contributed by atoms with E-state index in [4.69, 9.17) is 4.74 Å². The molecule has 18 nitrogen and oxygen atoms in total. The van der Waals surface area contributed by atoms with Crippen LogP contribution in [0.25, 0.3) is 0 Å². The van der Waals surface area contributed by atoms with Gasteiger partial charge in [0.1, 0.15) is 5.82 Å². The first-order chi connectivity index (χ1) is 41.4. The molecular weight excluding hydrogens is 1160 g/mol. The highest BCUT2D eigenvalue weighted by atomic mass is 19.4. The van der Waals surface area contributed by atoms with Gasteiger partial charge in [-0.25, -0.2) is 4.98 Å². The Balaban J connectivity index is 0.000000516. The number of methoxy groups -OCH3 is 1. The second-order valence-electron chi connectivity index (χ2n) is 25.8. The first-order valence-electron chi connectivity index (χ1n) is 30.9. The molecule has 0 atom stereocenters. The van der Waals surface area contributed by atoms with Crippen LogP contribution < -0.4 is 0 Å². The smallest absolute Gasteiger partial charge is 0.389 e. The van der Waals surface area contributed by atoms with Gasteiger partial charge in [-0.1, -0.05) is 111 Å². The van der Waals surface area contributed by atoms with Crippen LogP contribution in [0, 0.1) is 6.92 Å². The van der Waals surface area contributed by atoms with Gasteiger partial charge >= 0.3 is 12.4 Å². The van der Waals surface area contributed by atoms with Crippen LogP contribution in [0.15, 0.2) is 80.3 Å². The number of imidazole rings is 1. The van der Waals surface area contributed by atoms with Crippen LogP contribution in [0.2, 0.25) is 0 Å². The van der Waals surface area contributed by atoms with Gasteiger partial charge < -0.3 is 14.4 Å². The summed E-state index contributed by atoms with van der Waals surface area (Å²) in [7, 11) is 10.6. The van der Waals surface area contributed by atoms with Crippen LogP contribution >= 0.6 is 0 Å². The van der Waals surface area contributed by atoms with Gasteiger partial charge in [-0.05, 0) is 116 Å². The number of hydrogen-bond donors (Lipinski definition) is 1. The molecular formula is C66H110F6N16O2. The lowest BCUT2D eigenvalue weighted by atomic mass is 10.0. The molecule has 1 N–H and O–H groups in total. The Hall–Kier alpha value is -6.82. The number of alkyl halides is 6.